The monoisotopic (exact) mass is 281 g/mol. The number of nitrogens with one attached hydrogen (secondary N) is 1. The molecule has 0 spiro atoms. The lowest BCUT2D eigenvalue weighted by molar-refractivity contribution is 0.0955. The van der Waals surface area contributed by atoms with Crippen molar-refractivity contribution >= 4 is 17.8 Å². The number of nitrogens with two attached hydrogens (primary N) is 1. The van der Waals surface area contributed by atoms with E-state index >= 15 is 0 Å². The van der Waals surface area contributed by atoms with Crippen LogP contribution >= 0.6 is 0 Å². The minimum absolute atomic E-state index is 0.256. The number of benzene rings is 2. The van der Waals surface area contributed by atoms with Crippen LogP contribution in [0, 0.1) is 20.8 Å². The Morgan fingerprint density at radius 1 is 1.10 bits per heavy atom. The smallest absolute Gasteiger partial charge is 0.271 e. The lowest BCUT2D eigenvalue weighted by Crippen LogP contribution is -2.17. The van der Waals surface area contributed by atoms with Crippen LogP contribution in [0.1, 0.15) is 32.6 Å². The zero-order valence-electron chi connectivity index (χ0n) is 12.5. The molecule has 0 aliphatic heterocycles. The molecule has 0 atom stereocenters. The van der Waals surface area contributed by atoms with E-state index < -0.39 is 0 Å². The third-order valence-electron chi connectivity index (χ3n) is 3.27. The van der Waals surface area contributed by atoms with Gasteiger partial charge < -0.3 is 5.73 Å². The highest BCUT2D eigenvalue weighted by molar-refractivity contribution is 5.95. The Morgan fingerprint density at radius 2 is 1.67 bits per heavy atom. The van der Waals surface area contributed by atoms with Gasteiger partial charge in [-0.25, -0.2) is 5.43 Å². The largest absolute Gasteiger partial charge is 0.399 e. The molecule has 0 aromatic heterocycles. The molecule has 4 heteroatoms. The van der Waals surface area contributed by atoms with Gasteiger partial charge in [0.15, 0.2) is 0 Å². The summed E-state index contributed by atoms with van der Waals surface area (Å²) in [5.74, 6) is -0.256. The number of anilines is 1. The average molecular weight is 281 g/mol. The van der Waals surface area contributed by atoms with Gasteiger partial charge in [0.25, 0.3) is 5.91 Å². The van der Waals surface area contributed by atoms with Crippen LogP contribution in [-0.4, -0.2) is 12.1 Å². The molecule has 21 heavy (non-hydrogen) atoms. The summed E-state index contributed by atoms with van der Waals surface area (Å²) in [6, 6.07) is 10.9. The van der Waals surface area contributed by atoms with Gasteiger partial charge in [0.05, 0.1) is 6.21 Å². The van der Waals surface area contributed by atoms with Crippen molar-refractivity contribution in [2.45, 2.75) is 20.8 Å². The molecular formula is C17H19N3O. The first-order valence-corrected chi connectivity index (χ1v) is 6.74. The lowest BCUT2D eigenvalue weighted by atomic mass is 10.0. The van der Waals surface area contributed by atoms with Gasteiger partial charge in [-0.3, -0.25) is 4.79 Å². The molecule has 0 aliphatic rings. The van der Waals surface area contributed by atoms with Crippen LogP contribution in [0.4, 0.5) is 5.69 Å². The van der Waals surface area contributed by atoms with Crippen molar-refractivity contribution < 1.29 is 4.79 Å². The molecule has 0 saturated carbocycles. The zero-order valence-corrected chi connectivity index (χ0v) is 12.5. The fourth-order valence-corrected chi connectivity index (χ4v) is 2.25. The summed E-state index contributed by atoms with van der Waals surface area (Å²) in [6.07, 6.45) is 1.68. The zero-order chi connectivity index (χ0) is 15.4. The van der Waals surface area contributed by atoms with E-state index in [4.69, 9.17) is 5.73 Å². The second-order valence-corrected chi connectivity index (χ2v) is 5.13. The Hall–Kier alpha value is -2.62. The molecule has 0 aliphatic carbocycles. The molecule has 1 amide bonds. The fraction of sp³-hybridized carbons (Fsp3) is 0.176. The van der Waals surface area contributed by atoms with Gasteiger partial charge in [-0.05, 0) is 56.2 Å². The Kier molecular flexibility index (Phi) is 4.38. The van der Waals surface area contributed by atoms with Crippen LogP contribution in [0.15, 0.2) is 41.5 Å². The summed E-state index contributed by atoms with van der Waals surface area (Å²) in [7, 11) is 0. The second kappa shape index (κ2) is 6.22. The molecule has 2 rings (SSSR count). The van der Waals surface area contributed by atoms with E-state index in [1.165, 1.54) is 5.56 Å². The average Bonchev–Trinajstić information content (AvgIpc) is 2.42. The van der Waals surface area contributed by atoms with E-state index in [0.717, 1.165) is 16.7 Å². The lowest BCUT2D eigenvalue weighted by Gasteiger charge is -2.06. The summed E-state index contributed by atoms with van der Waals surface area (Å²) in [4.78, 5) is 11.9. The van der Waals surface area contributed by atoms with E-state index in [2.05, 4.69) is 29.6 Å². The predicted octanol–water partition coefficient (Wildman–Crippen LogP) is 2.96. The SMILES string of the molecule is Cc1cc(C)c(/C=N\NC(=O)c2ccc(N)cc2)c(C)c1. The maximum absolute atomic E-state index is 11.9. The van der Waals surface area contributed by atoms with E-state index in [1.807, 2.05) is 13.8 Å². The molecule has 0 saturated heterocycles. The predicted molar refractivity (Wildman–Crippen MR) is 86.6 cm³/mol. The van der Waals surface area contributed by atoms with Crippen molar-refractivity contribution in [2.24, 2.45) is 5.10 Å². The Morgan fingerprint density at radius 3 is 2.24 bits per heavy atom. The summed E-state index contributed by atoms with van der Waals surface area (Å²) >= 11 is 0. The van der Waals surface area contributed by atoms with Gasteiger partial charge in [-0.2, -0.15) is 5.10 Å². The number of carbonyl (C=O) groups is 1. The first-order chi connectivity index (χ1) is 9.97. The van der Waals surface area contributed by atoms with E-state index in [-0.39, 0.29) is 5.91 Å². The van der Waals surface area contributed by atoms with Gasteiger partial charge in [0.2, 0.25) is 0 Å². The number of aryl methyl sites for hydroxylation is 3. The Labute approximate surface area is 124 Å². The van der Waals surface area contributed by atoms with Gasteiger partial charge in [0.1, 0.15) is 0 Å². The number of nitrogens with zero attached hydrogens (tertiary/aromatic N) is 1. The quantitative estimate of drug-likeness (QED) is 0.516. The minimum atomic E-state index is -0.256. The molecule has 2 aromatic rings. The molecule has 0 fully saturated rings. The first kappa shape index (κ1) is 14.8. The molecular weight excluding hydrogens is 262 g/mol. The van der Waals surface area contributed by atoms with Crippen molar-refractivity contribution in [2.75, 3.05) is 5.73 Å². The highest BCUT2D eigenvalue weighted by Gasteiger charge is 2.04. The molecule has 2 aromatic carbocycles. The highest BCUT2D eigenvalue weighted by Crippen LogP contribution is 2.14. The maximum Gasteiger partial charge on any atom is 0.271 e. The number of hydrazone groups is 1. The topological polar surface area (TPSA) is 67.5 Å². The van der Waals surface area contributed by atoms with E-state index in [9.17, 15) is 4.79 Å². The van der Waals surface area contributed by atoms with Crippen molar-refractivity contribution in [3.05, 3.63) is 64.2 Å². The standard InChI is InChI=1S/C17H19N3O/c1-11-8-12(2)16(13(3)9-11)10-19-20-17(21)14-4-6-15(18)7-5-14/h4-10H,18H2,1-3H3,(H,20,21)/b19-10-. The van der Waals surface area contributed by atoms with Gasteiger partial charge in [0, 0.05) is 16.8 Å². The molecule has 3 N–H and O–H groups in total. The van der Waals surface area contributed by atoms with Crippen molar-refractivity contribution in [1.29, 1.82) is 0 Å². The highest BCUT2D eigenvalue weighted by atomic mass is 16.2. The first-order valence-electron chi connectivity index (χ1n) is 6.74. The van der Waals surface area contributed by atoms with Crippen LogP contribution in [-0.2, 0) is 0 Å². The van der Waals surface area contributed by atoms with Crippen LogP contribution in [0.2, 0.25) is 0 Å². The molecule has 0 radical (unpaired) electrons. The Balaban J connectivity index is 2.09. The molecule has 0 bridgehead atoms. The fourth-order valence-electron chi connectivity index (χ4n) is 2.25. The summed E-state index contributed by atoms with van der Waals surface area (Å²) in [6.45, 7) is 6.12. The number of hydrogen-bond acceptors (Lipinski definition) is 3. The van der Waals surface area contributed by atoms with Crippen LogP contribution in [0.3, 0.4) is 0 Å². The molecule has 0 unspecified atom stereocenters. The summed E-state index contributed by atoms with van der Waals surface area (Å²) in [5.41, 5.74) is 13.8. The number of carbonyl (C=O) groups excluding carboxylic acids is 1. The number of amides is 1. The van der Waals surface area contributed by atoms with E-state index in [1.54, 1.807) is 30.5 Å². The Bertz CT molecular complexity index is 665. The minimum Gasteiger partial charge on any atom is -0.399 e. The van der Waals surface area contributed by atoms with Gasteiger partial charge in [-0.15, -0.1) is 0 Å². The summed E-state index contributed by atoms with van der Waals surface area (Å²) in [5, 5.41) is 4.04. The number of rotatable bonds is 3. The van der Waals surface area contributed by atoms with Crippen molar-refractivity contribution in [3.8, 4) is 0 Å². The number of nitrogen functional groups attached to an aromatic ring is 1. The second-order valence-electron chi connectivity index (χ2n) is 5.13. The third-order valence-corrected chi connectivity index (χ3v) is 3.27. The normalized spacial score (nSPS) is 10.8. The van der Waals surface area contributed by atoms with Crippen molar-refractivity contribution in [3.63, 3.8) is 0 Å². The third kappa shape index (κ3) is 3.69. The van der Waals surface area contributed by atoms with Crippen LogP contribution in [0.25, 0.3) is 0 Å². The molecule has 108 valence electrons. The van der Waals surface area contributed by atoms with E-state index in [0.29, 0.717) is 11.3 Å². The van der Waals surface area contributed by atoms with Crippen molar-refractivity contribution in [1.82, 2.24) is 5.43 Å². The summed E-state index contributed by atoms with van der Waals surface area (Å²) < 4.78 is 0. The number of hydrogen-bond donors (Lipinski definition) is 2. The maximum atomic E-state index is 11.9. The van der Waals surface area contributed by atoms with Gasteiger partial charge in [-0.1, -0.05) is 17.7 Å². The molecule has 0 heterocycles. The van der Waals surface area contributed by atoms with Crippen LogP contribution in [0.5, 0.6) is 0 Å². The molecule has 4 nitrogen and oxygen atoms in total. The van der Waals surface area contributed by atoms with Crippen LogP contribution < -0.4 is 11.2 Å². The van der Waals surface area contributed by atoms with Gasteiger partial charge >= 0.3 is 0 Å².